The Hall–Kier alpha value is -8.22. The van der Waals surface area contributed by atoms with E-state index in [1.165, 1.54) is 5.69 Å². The lowest BCUT2D eigenvalue weighted by Crippen LogP contribution is -2.47. The molecular weight excluding hydrogens is 793 g/mol. The van der Waals surface area contributed by atoms with Gasteiger partial charge in [0.1, 0.15) is 17.8 Å². The second-order valence-corrected chi connectivity index (χ2v) is 17.2. The number of hydrogen-bond acceptors (Lipinski definition) is 5. The van der Waals surface area contributed by atoms with Gasteiger partial charge in [0.2, 0.25) is 0 Å². The number of para-hydroxylation sites is 4. The van der Waals surface area contributed by atoms with Gasteiger partial charge in [-0.2, -0.15) is 0 Å². The molecule has 312 valence electrons. The number of allylic oxidation sites excluding steroid dienone is 1. The molecule has 2 N–H and O–H groups in total. The lowest BCUT2D eigenvalue weighted by Gasteiger charge is -2.39. The Morgan fingerprint density at radius 2 is 1.22 bits per heavy atom. The molecule has 12 rings (SSSR count). The maximum Gasteiger partial charge on any atom is 0.145 e. The highest BCUT2D eigenvalue weighted by atomic mass is 15.3. The standard InChI is InChI=1S/C59H46N6/c1-59(46-36-34-44(35-37-46)58-61-52-27-15-17-29-54(52)65(58)48-24-12-5-13-25-48)50-39-45(40-18-6-2-7-19-40)38-49(41-20-8-3-9-21-41)55(50)62-56(63-59)42-30-32-43(33-31-42)57-60-51-26-14-16-28-53(51)64(57)47-22-10-4-11-23-47/h2-16,18-28,30-39,57,60H,17,29H2,1H3,(H,62,63). The van der Waals surface area contributed by atoms with Gasteiger partial charge in [0.15, 0.2) is 0 Å². The molecule has 1 aromatic heterocycles. The van der Waals surface area contributed by atoms with Crippen LogP contribution in [0.5, 0.6) is 0 Å². The summed E-state index contributed by atoms with van der Waals surface area (Å²) in [4.78, 5) is 13.2. The van der Waals surface area contributed by atoms with Gasteiger partial charge < -0.3 is 15.5 Å². The minimum absolute atomic E-state index is 0.0743. The number of nitrogens with zero attached hydrogens (tertiary/aromatic N) is 4. The van der Waals surface area contributed by atoms with E-state index in [0.29, 0.717) is 0 Å². The van der Waals surface area contributed by atoms with Gasteiger partial charge in [-0.3, -0.25) is 4.57 Å². The van der Waals surface area contributed by atoms with Crippen LogP contribution in [-0.4, -0.2) is 15.4 Å². The van der Waals surface area contributed by atoms with Gasteiger partial charge in [-0.15, -0.1) is 0 Å². The monoisotopic (exact) mass is 838 g/mol. The van der Waals surface area contributed by atoms with E-state index in [-0.39, 0.29) is 6.17 Å². The molecule has 9 aromatic rings. The molecule has 0 spiro atoms. The number of hydrogen-bond donors (Lipinski definition) is 2. The van der Waals surface area contributed by atoms with E-state index in [1.54, 1.807) is 0 Å². The molecule has 0 fully saturated rings. The van der Waals surface area contributed by atoms with Crippen molar-refractivity contribution >= 4 is 34.7 Å². The van der Waals surface area contributed by atoms with Crippen LogP contribution in [0, 0.1) is 0 Å². The van der Waals surface area contributed by atoms with E-state index in [1.807, 2.05) is 0 Å². The van der Waals surface area contributed by atoms with Crippen molar-refractivity contribution in [3.8, 4) is 39.3 Å². The largest absolute Gasteiger partial charge is 0.359 e. The highest BCUT2D eigenvalue weighted by Gasteiger charge is 2.38. The molecule has 8 aromatic carbocycles. The van der Waals surface area contributed by atoms with Crippen molar-refractivity contribution in [2.45, 2.75) is 31.5 Å². The summed E-state index contributed by atoms with van der Waals surface area (Å²) in [6, 6.07) is 73.7. The Morgan fingerprint density at radius 3 is 1.94 bits per heavy atom. The number of rotatable bonds is 8. The number of fused-ring (bicyclic) bond motifs is 3. The van der Waals surface area contributed by atoms with Gasteiger partial charge in [0.05, 0.1) is 34.0 Å². The topological polar surface area (TPSA) is 57.5 Å². The maximum absolute atomic E-state index is 5.58. The van der Waals surface area contributed by atoms with Crippen molar-refractivity contribution in [1.82, 2.24) is 14.9 Å². The van der Waals surface area contributed by atoms with E-state index in [9.17, 15) is 0 Å². The quantitative estimate of drug-likeness (QED) is 0.160. The van der Waals surface area contributed by atoms with Crippen molar-refractivity contribution in [2.75, 3.05) is 10.2 Å². The molecule has 0 amide bonds. The molecule has 0 bridgehead atoms. The van der Waals surface area contributed by atoms with Gasteiger partial charge in [-0.25, -0.2) is 9.98 Å². The van der Waals surface area contributed by atoms with Crippen LogP contribution in [0.25, 0.3) is 45.4 Å². The zero-order valence-electron chi connectivity index (χ0n) is 36.1. The lowest BCUT2D eigenvalue weighted by atomic mass is 9.78. The SMILES string of the molecule is CC1(c2ccc(-c3nc4c(n3-c3ccccc3)CCC=C4)cc2)NC(c2ccc(C3Nc4ccccc4N3c3ccccc3)cc2)=Nc2c(-c3ccccc3)cc(-c3ccccc3)cc21. The first-order valence-electron chi connectivity index (χ1n) is 22.5. The van der Waals surface area contributed by atoms with Crippen molar-refractivity contribution in [1.29, 1.82) is 0 Å². The summed E-state index contributed by atoms with van der Waals surface area (Å²) in [5.41, 5.74) is 17.1. The fraction of sp³-hybridized carbons (Fsp3) is 0.0847. The average Bonchev–Trinajstić information content (AvgIpc) is 3.97. The van der Waals surface area contributed by atoms with Crippen molar-refractivity contribution < 1.29 is 0 Å². The number of imidazole rings is 1. The van der Waals surface area contributed by atoms with Gasteiger partial charge >= 0.3 is 0 Å². The van der Waals surface area contributed by atoms with Crippen LogP contribution in [0.15, 0.2) is 217 Å². The normalized spacial score (nSPS) is 17.0. The zero-order valence-corrected chi connectivity index (χ0v) is 36.1. The molecular formula is C59H46N6. The van der Waals surface area contributed by atoms with E-state index >= 15 is 0 Å². The molecule has 2 aliphatic heterocycles. The molecule has 6 heteroatoms. The van der Waals surface area contributed by atoms with Crippen LogP contribution in [0.4, 0.5) is 22.7 Å². The van der Waals surface area contributed by atoms with Crippen LogP contribution in [0.3, 0.4) is 0 Å². The second kappa shape index (κ2) is 15.8. The van der Waals surface area contributed by atoms with Gasteiger partial charge in [0.25, 0.3) is 0 Å². The maximum atomic E-state index is 5.58. The summed E-state index contributed by atoms with van der Waals surface area (Å²) in [5, 5.41) is 7.85. The van der Waals surface area contributed by atoms with Gasteiger partial charge in [-0.1, -0.05) is 164 Å². The molecule has 0 radical (unpaired) electrons. The third kappa shape index (κ3) is 6.73. The van der Waals surface area contributed by atoms with E-state index in [2.05, 4.69) is 245 Å². The summed E-state index contributed by atoms with van der Waals surface area (Å²) >= 11 is 0. The van der Waals surface area contributed by atoms with Gasteiger partial charge in [0, 0.05) is 33.6 Å². The summed E-state index contributed by atoms with van der Waals surface area (Å²) in [5.74, 6) is 1.77. The number of nitrogens with one attached hydrogen (secondary N) is 2. The molecule has 0 saturated carbocycles. The number of amidine groups is 1. The van der Waals surface area contributed by atoms with E-state index in [0.717, 1.165) is 109 Å². The number of anilines is 3. The fourth-order valence-electron chi connectivity index (χ4n) is 9.93. The second-order valence-electron chi connectivity index (χ2n) is 17.2. The molecule has 1 aliphatic carbocycles. The van der Waals surface area contributed by atoms with Crippen LogP contribution in [0.1, 0.15) is 53.2 Å². The molecule has 2 unspecified atom stereocenters. The lowest BCUT2D eigenvalue weighted by molar-refractivity contribution is 0.524. The Bertz CT molecular complexity index is 3250. The Morgan fingerprint density at radius 1 is 0.585 bits per heavy atom. The first-order chi connectivity index (χ1) is 32.1. The summed E-state index contributed by atoms with van der Waals surface area (Å²) in [7, 11) is 0. The summed E-state index contributed by atoms with van der Waals surface area (Å²) in [6.07, 6.45) is 6.29. The molecule has 65 heavy (non-hydrogen) atoms. The minimum atomic E-state index is -0.673. The van der Waals surface area contributed by atoms with Gasteiger partial charge in [-0.05, 0) is 102 Å². The van der Waals surface area contributed by atoms with Crippen LogP contribution in [0.2, 0.25) is 0 Å². The Kier molecular flexibility index (Phi) is 9.37. The molecule has 3 aliphatic rings. The number of aromatic nitrogens is 2. The third-order valence-electron chi connectivity index (χ3n) is 13.2. The Balaban J connectivity index is 0.987. The minimum Gasteiger partial charge on any atom is -0.359 e. The summed E-state index contributed by atoms with van der Waals surface area (Å²) < 4.78 is 2.34. The first kappa shape index (κ1) is 38.5. The van der Waals surface area contributed by atoms with Crippen molar-refractivity contribution in [3.05, 3.63) is 246 Å². The smallest absolute Gasteiger partial charge is 0.145 e. The highest BCUT2D eigenvalue weighted by molar-refractivity contribution is 6.05. The van der Waals surface area contributed by atoms with Crippen molar-refractivity contribution in [2.24, 2.45) is 4.99 Å². The van der Waals surface area contributed by atoms with Crippen LogP contribution >= 0.6 is 0 Å². The number of benzene rings is 8. The highest BCUT2D eigenvalue weighted by Crippen LogP contribution is 2.49. The molecule has 0 saturated heterocycles. The Labute approximate surface area is 379 Å². The predicted molar refractivity (Wildman–Crippen MR) is 267 cm³/mol. The average molecular weight is 839 g/mol. The first-order valence-corrected chi connectivity index (χ1v) is 22.5. The van der Waals surface area contributed by atoms with Crippen LogP contribution in [-0.2, 0) is 12.0 Å². The molecule has 3 heterocycles. The molecule has 6 nitrogen and oxygen atoms in total. The van der Waals surface area contributed by atoms with E-state index < -0.39 is 5.54 Å². The predicted octanol–water partition coefficient (Wildman–Crippen LogP) is 14.0. The van der Waals surface area contributed by atoms with Crippen molar-refractivity contribution in [3.63, 3.8) is 0 Å². The number of aliphatic imine (C=N–C) groups is 1. The zero-order chi connectivity index (χ0) is 43.3. The van der Waals surface area contributed by atoms with Crippen LogP contribution < -0.4 is 15.5 Å². The fourth-order valence-corrected chi connectivity index (χ4v) is 9.93. The van der Waals surface area contributed by atoms with E-state index in [4.69, 9.17) is 9.98 Å². The third-order valence-corrected chi connectivity index (χ3v) is 13.2. The molecule has 2 atom stereocenters. The summed E-state index contributed by atoms with van der Waals surface area (Å²) in [6.45, 7) is 2.30.